The van der Waals surface area contributed by atoms with Crippen LogP contribution in [0.25, 0.3) is 11.3 Å². The minimum absolute atomic E-state index is 0.150. The molecule has 3 aromatic rings. The summed E-state index contributed by atoms with van der Waals surface area (Å²) in [4.78, 5) is 36.4. The lowest BCUT2D eigenvalue weighted by Gasteiger charge is -2.44. The van der Waals surface area contributed by atoms with Gasteiger partial charge in [-0.25, -0.2) is 17.9 Å². The Hall–Kier alpha value is -4.32. The molecule has 18 heteroatoms. The van der Waals surface area contributed by atoms with Gasteiger partial charge in [-0.3, -0.25) is 14.4 Å². The van der Waals surface area contributed by atoms with E-state index in [2.05, 4.69) is 15.0 Å². The molecule has 5 atom stereocenters. The maximum absolute atomic E-state index is 14.0. The minimum atomic E-state index is -4.92. The molecular formula is C27H23F6N3O8S. The summed E-state index contributed by atoms with van der Waals surface area (Å²) in [5, 5.41) is 7.87. The third kappa shape index (κ3) is 8.65. The van der Waals surface area contributed by atoms with Crippen molar-refractivity contribution in [1.29, 1.82) is 0 Å². The summed E-state index contributed by atoms with van der Waals surface area (Å²) in [6, 6.07) is 4.71. The summed E-state index contributed by atoms with van der Waals surface area (Å²) in [6.45, 7) is 2.79. The van der Waals surface area contributed by atoms with Crippen LogP contribution in [0.5, 0.6) is 5.75 Å². The number of halogens is 6. The first-order chi connectivity index (χ1) is 21.1. The van der Waals surface area contributed by atoms with Crippen molar-refractivity contribution in [3.8, 4) is 17.0 Å². The molecule has 1 fully saturated rings. The molecule has 1 aliphatic rings. The summed E-state index contributed by atoms with van der Waals surface area (Å²) in [6.07, 6.45) is -7.72. The van der Waals surface area contributed by atoms with Gasteiger partial charge >= 0.3 is 24.3 Å². The standard InChI is InChI=1S/C27H23F6N3O8S/c1-12(37)40-11-21-24(41-13(2)38)23(36-10-20(34-35-36)15-8-18(28)22(30)19(29)9-15)25(42-14(3)39)26(43-21)45-17-6-4-16(5-7-17)44-27(31,32)33/h4-10,21,23-26H,11H2,1-3H3/t21-,23+,24+,25-,26-/m1/s1. The fraction of sp³-hybridized carbons (Fsp3) is 0.370. The minimum Gasteiger partial charge on any atom is -0.463 e. The predicted molar refractivity (Wildman–Crippen MR) is 140 cm³/mol. The second-order valence-electron chi connectivity index (χ2n) is 9.46. The average Bonchev–Trinajstić information content (AvgIpc) is 3.41. The van der Waals surface area contributed by atoms with E-state index in [4.69, 9.17) is 18.9 Å². The molecule has 1 aliphatic heterocycles. The SMILES string of the molecule is CC(=O)OC[C@H]1O[C@H](Sc2ccc(OC(F)(F)F)cc2)[C@H](OC(C)=O)[C@@H](n2cc(-c3cc(F)c(F)c(F)c3)nn2)[C@H]1OC(C)=O. The van der Waals surface area contributed by atoms with Crippen molar-refractivity contribution in [1.82, 2.24) is 15.0 Å². The third-order valence-electron chi connectivity index (χ3n) is 6.08. The van der Waals surface area contributed by atoms with E-state index in [9.17, 15) is 40.7 Å². The van der Waals surface area contributed by atoms with Crippen LogP contribution < -0.4 is 4.74 Å². The van der Waals surface area contributed by atoms with Gasteiger partial charge in [0, 0.05) is 31.2 Å². The smallest absolute Gasteiger partial charge is 0.463 e. The molecule has 1 aromatic heterocycles. The van der Waals surface area contributed by atoms with Crippen molar-refractivity contribution in [3.05, 3.63) is 60.0 Å². The maximum atomic E-state index is 14.0. The lowest BCUT2D eigenvalue weighted by Crippen LogP contribution is -2.57. The first-order valence-corrected chi connectivity index (χ1v) is 13.7. The van der Waals surface area contributed by atoms with Gasteiger partial charge in [-0.2, -0.15) is 0 Å². The van der Waals surface area contributed by atoms with E-state index in [-0.39, 0.29) is 11.3 Å². The zero-order chi connectivity index (χ0) is 33.1. The molecule has 0 spiro atoms. The van der Waals surface area contributed by atoms with Crippen LogP contribution in [0.3, 0.4) is 0 Å². The van der Waals surface area contributed by atoms with Gasteiger partial charge < -0.3 is 23.7 Å². The van der Waals surface area contributed by atoms with E-state index >= 15 is 0 Å². The monoisotopic (exact) mass is 663 g/mol. The van der Waals surface area contributed by atoms with Crippen molar-refractivity contribution < 1.29 is 64.4 Å². The zero-order valence-electron chi connectivity index (χ0n) is 23.4. The van der Waals surface area contributed by atoms with Gasteiger partial charge in [0.15, 0.2) is 29.7 Å². The molecule has 0 radical (unpaired) electrons. The summed E-state index contributed by atoms with van der Waals surface area (Å²) in [5.41, 5.74) is -1.56. The molecule has 242 valence electrons. The summed E-state index contributed by atoms with van der Waals surface area (Å²) in [7, 11) is 0. The number of ether oxygens (including phenoxy) is 5. The molecule has 2 aromatic carbocycles. The highest BCUT2D eigenvalue weighted by Crippen LogP contribution is 2.42. The molecular weight excluding hydrogens is 640 g/mol. The molecule has 2 heterocycles. The van der Waals surface area contributed by atoms with Crippen LogP contribution in [0.1, 0.15) is 26.8 Å². The summed E-state index contributed by atoms with van der Waals surface area (Å²) < 4.78 is 107. The lowest BCUT2D eigenvalue weighted by molar-refractivity contribution is -0.274. The number of rotatable bonds is 9. The average molecular weight is 664 g/mol. The molecule has 0 bridgehead atoms. The Kier molecular flexibility index (Phi) is 10.3. The fourth-order valence-electron chi connectivity index (χ4n) is 4.39. The van der Waals surface area contributed by atoms with E-state index < -0.39 is 83.9 Å². The quantitative estimate of drug-likeness (QED) is 0.136. The number of carbonyl (C=O) groups excluding carboxylic acids is 3. The Morgan fingerprint density at radius 3 is 2.09 bits per heavy atom. The number of alkyl halides is 3. The highest BCUT2D eigenvalue weighted by Gasteiger charge is 2.52. The Labute approximate surface area is 254 Å². The van der Waals surface area contributed by atoms with E-state index in [0.29, 0.717) is 17.0 Å². The molecule has 0 saturated carbocycles. The van der Waals surface area contributed by atoms with Crippen LogP contribution >= 0.6 is 11.8 Å². The van der Waals surface area contributed by atoms with E-state index in [1.54, 1.807) is 0 Å². The second-order valence-corrected chi connectivity index (χ2v) is 10.6. The van der Waals surface area contributed by atoms with Crippen LogP contribution in [0, 0.1) is 17.5 Å². The highest BCUT2D eigenvalue weighted by molar-refractivity contribution is 7.99. The second kappa shape index (κ2) is 13.8. The van der Waals surface area contributed by atoms with Gasteiger partial charge in [0.1, 0.15) is 35.6 Å². The molecule has 11 nitrogen and oxygen atoms in total. The normalized spacial score (nSPS) is 21.6. The van der Waals surface area contributed by atoms with Crippen molar-refractivity contribution in [2.45, 2.75) is 61.8 Å². The largest absolute Gasteiger partial charge is 0.573 e. The van der Waals surface area contributed by atoms with Crippen molar-refractivity contribution in [2.24, 2.45) is 0 Å². The number of aromatic nitrogens is 3. The van der Waals surface area contributed by atoms with Gasteiger partial charge in [-0.1, -0.05) is 17.0 Å². The number of nitrogens with zero attached hydrogens (tertiary/aromatic N) is 3. The van der Waals surface area contributed by atoms with Gasteiger partial charge in [0.2, 0.25) is 0 Å². The highest BCUT2D eigenvalue weighted by atomic mass is 32.2. The number of benzene rings is 2. The Morgan fingerprint density at radius 1 is 0.933 bits per heavy atom. The first-order valence-electron chi connectivity index (χ1n) is 12.8. The molecule has 1 saturated heterocycles. The summed E-state index contributed by atoms with van der Waals surface area (Å²) in [5.74, 6) is -7.55. The maximum Gasteiger partial charge on any atom is 0.573 e. The van der Waals surface area contributed by atoms with Crippen LogP contribution in [-0.2, 0) is 33.3 Å². The van der Waals surface area contributed by atoms with E-state index in [1.807, 2.05) is 0 Å². The molecule has 45 heavy (non-hydrogen) atoms. The van der Waals surface area contributed by atoms with E-state index in [0.717, 1.165) is 49.3 Å². The molecule has 0 unspecified atom stereocenters. The van der Waals surface area contributed by atoms with Crippen LogP contribution in [0.2, 0.25) is 0 Å². The molecule has 0 N–H and O–H groups in total. The van der Waals surface area contributed by atoms with Gasteiger partial charge in [-0.05, 0) is 36.4 Å². The Balaban J connectivity index is 1.77. The van der Waals surface area contributed by atoms with Crippen molar-refractivity contribution in [2.75, 3.05) is 6.61 Å². The zero-order valence-corrected chi connectivity index (χ0v) is 24.2. The fourth-order valence-corrected chi connectivity index (χ4v) is 5.50. The summed E-state index contributed by atoms with van der Waals surface area (Å²) >= 11 is 0.888. The van der Waals surface area contributed by atoms with E-state index in [1.165, 1.54) is 18.3 Å². The first kappa shape index (κ1) is 33.6. The van der Waals surface area contributed by atoms with Gasteiger partial charge in [-0.15, -0.1) is 18.3 Å². The number of hydrogen-bond acceptors (Lipinski definition) is 11. The Bertz CT molecular complexity index is 1530. The number of esters is 3. The van der Waals surface area contributed by atoms with Crippen LogP contribution in [0.4, 0.5) is 26.3 Å². The van der Waals surface area contributed by atoms with Crippen molar-refractivity contribution in [3.63, 3.8) is 0 Å². The number of carbonyl (C=O) groups is 3. The third-order valence-corrected chi connectivity index (χ3v) is 7.23. The predicted octanol–water partition coefficient (Wildman–Crippen LogP) is 4.75. The molecule has 4 rings (SSSR count). The van der Waals surface area contributed by atoms with Crippen molar-refractivity contribution >= 4 is 29.7 Å². The molecule has 0 aliphatic carbocycles. The van der Waals surface area contributed by atoms with Gasteiger partial charge in [0.25, 0.3) is 0 Å². The lowest BCUT2D eigenvalue weighted by atomic mass is 9.96. The number of thioether (sulfide) groups is 1. The van der Waals surface area contributed by atoms with Gasteiger partial charge in [0.05, 0.1) is 6.20 Å². The van der Waals surface area contributed by atoms with Crippen LogP contribution in [0.15, 0.2) is 47.5 Å². The van der Waals surface area contributed by atoms with Crippen LogP contribution in [-0.4, -0.2) is 69.6 Å². The number of hydrogen-bond donors (Lipinski definition) is 0. The Morgan fingerprint density at radius 2 is 1.53 bits per heavy atom. The molecule has 0 amide bonds. The topological polar surface area (TPSA) is 128 Å².